The van der Waals surface area contributed by atoms with Crippen LogP contribution in [0.2, 0.25) is 0 Å². The van der Waals surface area contributed by atoms with Crippen molar-refractivity contribution in [3.05, 3.63) is 35.4 Å². The van der Waals surface area contributed by atoms with Crippen molar-refractivity contribution >= 4 is 11.8 Å². The third-order valence-electron chi connectivity index (χ3n) is 3.83. The molecule has 0 heterocycles. The highest BCUT2D eigenvalue weighted by atomic mass is 16.2. The van der Waals surface area contributed by atoms with Crippen molar-refractivity contribution in [3.8, 4) is 0 Å². The molecule has 0 unspecified atom stereocenters. The Morgan fingerprint density at radius 2 is 1.70 bits per heavy atom. The summed E-state index contributed by atoms with van der Waals surface area (Å²) in [7, 11) is 3.34. The van der Waals surface area contributed by atoms with Gasteiger partial charge < -0.3 is 15.5 Å². The lowest BCUT2D eigenvalue weighted by Gasteiger charge is -2.23. The molecule has 1 atom stereocenters. The molecule has 0 fully saturated rings. The minimum atomic E-state index is -0.170. The normalized spacial score (nSPS) is 12.1. The lowest BCUT2D eigenvalue weighted by molar-refractivity contribution is -0.130. The molecular formula is C18H29N3O2. The molecule has 0 aliphatic carbocycles. The van der Waals surface area contributed by atoms with Gasteiger partial charge in [-0.3, -0.25) is 9.59 Å². The second-order valence-electron chi connectivity index (χ2n) is 6.26. The van der Waals surface area contributed by atoms with Crippen molar-refractivity contribution < 1.29 is 9.59 Å². The first-order chi connectivity index (χ1) is 10.8. The van der Waals surface area contributed by atoms with Gasteiger partial charge in [-0.15, -0.1) is 0 Å². The number of nitrogens with one attached hydrogen (secondary N) is 2. The molecule has 5 nitrogen and oxygen atoms in total. The summed E-state index contributed by atoms with van der Waals surface area (Å²) in [5, 5.41) is 5.92. The second kappa shape index (κ2) is 9.30. The summed E-state index contributed by atoms with van der Waals surface area (Å²) in [5.41, 5.74) is 2.48. The molecule has 0 saturated heterocycles. The summed E-state index contributed by atoms with van der Waals surface area (Å²) < 4.78 is 0. The van der Waals surface area contributed by atoms with Crippen molar-refractivity contribution in [1.29, 1.82) is 0 Å². The Morgan fingerprint density at radius 1 is 1.09 bits per heavy atom. The maximum atomic E-state index is 11.9. The van der Waals surface area contributed by atoms with Gasteiger partial charge in [0.25, 0.3) is 0 Å². The molecule has 0 bridgehead atoms. The van der Waals surface area contributed by atoms with Crippen LogP contribution in [-0.4, -0.2) is 43.9 Å². The highest BCUT2D eigenvalue weighted by Crippen LogP contribution is 2.21. The number of hydrogen-bond donors (Lipinski definition) is 2. The van der Waals surface area contributed by atoms with Crippen molar-refractivity contribution in [3.63, 3.8) is 0 Å². The Hall–Kier alpha value is -1.88. The maximum Gasteiger partial charge on any atom is 0.241 e. The number of aryl methyl sites for hydroxylation is 1. The van der Waals surface area contributed by atoms with E-state index in [1.807, 2.05) is 0 Å². The largest absolute Gasteiger partial charge is 0.347 e. The van der Waals surface area contributed by atoms with Crippen LogP contribution in [0, 0.1) is 5.92 Å². The zero-order valence-electron chi connectivity index (χ0n) is 14.8. The van der Waals surface area contributed by atoms with E-state index >= 15 is 0 Å². The lowest BCUT2D eigenvalue weighted by Crippen LogP contribution is -2.41. The predicted octanol–water partition coefficient (Wildman–Crippen LogP) is 1.74. The molecule has 0 aromatic heterocycles. The van der Waals surface area contributed by atoms with Gasteiger partial charge in [-0.25, -0.2) is 0 Å². The molecule has 0 aliphatic heterocycles. The van der Waals surface area contributed by atoms with Gasteiger partial charge in [0.05, 0.1) is 13.1 Å². The first kappa shape index (κ1) is 19.2. The quantitative estimate of drug-likeness (QED) is 0.767. The van der Waals surface area contributed by atoms with E-state index in [9.17, 15) is 9.59 Å². The topological polar surface area (TPSA) is 61.4 Å². The average Bonchev–Trinajstić information content (AvgIpc) is 2.52. The third kappa shape index (κ3) is 6.40. The van der Waals surface area contributed by atoms with E-state index in [1.165, 1.54) is 16.0 Å². The second-order valence-corrected chi connectivity index (χ2v) is 6.26. The zero-order chi connectivity index (χ0) is 17.4. The number of nitrogens with zero attached hydrogens (tertiary/aromatic N) is 1. The van der Waals surface area contributed by atoms with E-state index < -0.39 is 0 Å². The van der Waals surface area contributed by atoms with E-state index in [4.69, 9.17) is 0 Å². The number of carbonyl (C=O) groups is 2. The first-order valence-electron chi connectivity index (χ1n) is 8.14. The van der Waals surface area contributed by atoms with Gasteiger partial charge in [0.15, 0.2) is 0 Å². The predicted molar refractivity (Wildman–Crippen MR) is 93.1 cm³/mol. The molecule has 5 heteroatoms. The number of rotatable bonds is 8. The van der Waals surface area contributed by atoms with Gasteiger partial charge in [0.2, 0.25) is 11.8 Å². The zero-order valence-corrected chi connectivity index (χ0v) is 14.8. The molecule has 128 valence electrons. The molecule has 2 amide bonds. The molecule has 0 saturated carbocycles. The van der Waals surface area contributed by atoms with Crippen molar-refractivity contribution in [2.45, 2.75) is 33.2 Å². The Morgan fingerprint density at radius 3 is 2.17 bits per heavy atom. The van der Waals surface area contributed by atoms with E-state index in [0.29, 0.717) is 5.92 Å². The van der Waals surface area contributed by atoms with Gasteiger partial charge in [-0.2, -0.15) is 0 Å². The SMILES string of the molecule is CCc1ccc([C@@H](NCC(=O)NCC(=O)N(C)C)C(C)C)cc1. The summed E-state index contributed by atoms with van der Waals surface area (Å²) >= 11 is 0. The van der Waals surface area contributed by atoms with Crippen LogP contribution in [0.5, 0.6) is 0 Å². The standard InChI is InChI=1S/C18H29N3O2/c1-6-14-7-9-15(10-8-14)18(13(2)3)20-11-16(22)19-12-17(23)21(4)5/h7-10,13,18,20H,6,11-12H2,1-5H3,(H,19,22)/t18-/m0/s1. The number of amides is 2. The fourth-order valence-electron chi connectivity index (χ4n) is 2.30. The van der Waals surface area contributed by atoms with Crippen LogP contribution in [0.4, 0.5) is 0 Å². The van der Waals surface area contributed by atoms with E-state index in [-0.39, 0.29) is 30.9 Å². The third-order valence-corrected chi connectivity index (χ3v) is 3.83. The number of likely N-dealkylation sites (N-methyl/N-ethyl adjacent to an activating group) is 1. The lowest BCUT2D eigenvalue weighted by atomic mass is 9.95. The van der Waals surface area contributed by atoms with Crippen molar-refractivity contribution in [2.75, 3.05) is 27.2 Å². The number of hydrogen-bond acceptors (Lipinski definition) is 3. The summed E-state index contributed by atoms with van der Waals surface area (Å²) in [4.78, 5) is 24.8. The van der Waals surface area contributed by atoms with E-state index in [1.54, 1.807) is 14.1 Å². The van der Waals surface area contributed by atoms with Crippen molar-refractivity contribution in [2.24, 2.45) is 5.92 Å². The van der Waals surface area contributed by atoms with Crippen LogP contribution in [0.1, 0.15) is 37.9 Å². The van der Waals surface area contributed by atoms with Gasteiger partial charge in [0, 0.05) is 20.1 Å². The summed E-state index contributed by atoms with van der Waals surface area (Å²) in [6.07, 6.45) is 1.02. The molecule has 0 radical (unpaired) electrons. The molecule has 23 heavy (non-hydrogen) atoms. The summed E-state index contributed by atoms with van der Waals surface area (Å²) in [5.74, 6) is 0.0728. The monoisotopic (exact) mass is 319 g/mol. The molecular weight excluding hydrogens is 290 g/mol. The van der Waals surface area contributed by atoms with E-state index in [0.717, 1.165) is 6.42 Å². The van der Waals surface area contributed by atoms with Gasteiger partial charge >= 0.3 is 0 Å². The fourth-order valence-corrected chi connectivity index (χ4v) is 2.30. The van der Waals surface area contributed by atoms with Crippen molar-refractivity contribution in [1.82, 2.24) is 15.5 Å². The van der Waals surface area contributed by atoms with Gasteiger partial charge in [0.1, 0.15) is 0 Å². The maximum absolute atomic E-state index is 11.9. The molecule has 1 rings (SSSR count). The highest BCUT2D eigenvalue weighted by molar-refractivity contribution is 5.85. The smallest absolute Gasteiger partial charge is 0.241 e. The van der Waals surface area contributed by atoms with Crippen LogP contribution < -0.4 is 10.6 Å². The fraction of sp³-hybridized carbons (Fsp3) is 0.556. The Bertz CT molecular complexity index is 510. The number of carbonyl (C=O) groups excluding carboxylic acids is 2. The minimum absolute atomic E-state index is 0.0328. The summed E-state index contributed by atoms with van der Waals surface area (Å²) in [6, 6.07) is 8.59. The Kier molecular flexibility index (Phi) is 7.75. The van der Waals surface area contributed by atoms with Crippen LogP contribution in [0.25, 0.3) is 0 Å². The molecule has 0 spiro atoms. The van der Waals surface area contributed by atoms with Crippen LogP contribution in [-0.2, 0) is 16.0 Å². The minimum Gasteiger partial charge on any atom is -0.347 e. The average molecular weight is 319 g/mol. The van der Waals surface area contributed by atoms with Gasteiger partial charge in [-0.1, -0.05) is 45.0 Å². The van der Waals surface area contributed by atoms with Crippen LogP contribution >= 0.6 is 0 Å². The first-order valence-corrected chi connectivity index (χ1v) is 8.14. The van der Waals surface area contributed by atoms with Gasteiger partial charge in [-0.05, 0) is 23.5 Å². The molecule has 1 aromatic carbocycles. The Balaban J connectivity index is 2.56. The Labute approximate surface area is 139 Å². The van der Waals surface area contributed by atoms with Crippen LogP contribution in [0.15, 0.2) is 24.3 Å². The molecule has 2 N–H and O–H groups in total. The molecule has 1 aromatic rings. The van der Waals surface area contributed by atoms with E-state index in [2.05, 4.69) is 55.7 Å². The molecule has 0 aliphatic rings. The highest BCUT2D eigenvalue weighted by Gasteiger charge is 2.17. The van der Waals surface area contributed by atoms with Crippen LogP contribution in [0.3, 0.4) is 0 Å². The summed E-state index contributed by atoms with van der Waals surface area (Å²) in [6.45, 7) is 6.61. The number of benzene rings is 1.